The summed E-state index contributed by atoms with van der Waals surface area (Å²) in [5.74, 6) is 1.90. The summed E-state index contributed by atoms with van der Waals surface area (Å²) in [7, 11) is 0. The third kappa shape index (κ3) is 4.65. The Balaban J connectivity index is 1.25. The van der Waals surface area contributed by atoms with Crippen LogP contribution >= 0.6 is 0 Å². The number of fused-ring (bicyclic) bond motifs is 7. The lowest BCUT2D eigenvalue weighted by atomic mass is 9.81. The fraction of sp³-hybridized carbons (Fsp3) is 0.0625. The summed E-state index contributed by atoms with van der Waals surface area (Å²) < 4.78 is 2.45. The Morgan fingerprint density at radius 1 is 0.423 bits per heavy atom. The summed E-state index contributed by atoms with van der Waals surface area (Å²) in [5.41, 5.74) is 13.6. The quantitative estimate of drug-likeness (QED) is 0.184. The zero-order valence-electron chi connectivity index (χ0n) is 29.0. The first kappa shape index (κ1) is 30.2. The molecule has 0 saturated carbocycles. The van der Waals surface area contributed by atoms with Crippen LogP contribution in [0.3, 0.4) is 0 Å². The first-order valence-corrected chi connectivity index (χ1v) is 17.8. The lowest BCUT2D eigenvalue weighted by molar-refractivity contribution is 0.664. The Morgan fingerprint density at radius 2 is 1.02 bits per heavy atom. The van der Waals surface area contributed by atoms with E-state index in [-0.39, 0.29) is 5.41 Å². The van der Waals surface area contributed by atoms with Crippen LogP contribution < -0.4 is 0 Å². The average molecular weight is 667 g/mol. The van der Waals surface area contributed by atoms with Gasteiger partial charge < -0.3 is 4.57 Å². The maximum Gasteiger partial charge on any atom is 0.166 e. The lowest BCUT2D eigenvalue weighted by Crippen LogP contribution is -2.16. The van der Waals surface area contributed by atoms with Gasteiger partial charge in [-0.1, -0.05) is 159 Å². The van der Waals surface area contributed by atoms with Crippen molar-refractivity contribution in [1.82, 2.24) is 19.5 Å². The molecule has 0 saturated heterocycles. The van der Waals surface area contributed by atoms with Crippen LogP contribution in [-0.4, -0.2) is 19.5 Å². The van der Waals surface area contributed by atoms with E-state index in [1.54, 1.807) is 0 Å². The zero-order chi connectivity index (χ0) is 34.8. The molecular formula is C48H34N4. The summed E-state index contributed by atoms with van der Waals surface area (Å²) in [4.78, 5) is 15.6. The van der Waals surface area contributed by atoms with Gasteiger partial charge in [0.05, 0.1) is 16.7 Å². The van der Waals surface area contributed by atoms with Crippen LogP contribution in [0.2, 0.25) is 0 Å². The van der Waals surface area contributed by atoms with Crippen LogP contribution in [-0.2, 0) is 5.41 Å². The second-order valence-electron chi connectivity index (χ2n) is 14.0. The topological polar surface area (TPSA) is 43.6 Å². The highest BCUT2D eigenvalue weighted by molar-refractivity contribution is 6.13. The van der Waals surface area contributed by atoms with E-state index in [1.165, 1.54) is 38.5 Å². The molecule has 0 spiro atoms. The minimum absolute atomic E-state index is 0.197. The summed E-state index contributed by atoms with van der Waals surface area (Å²) in [6.45, 7) is 4.72. The monoisotopic (exact) mass is 666 g/mol. The molecule has 9 aromatic rings. The van der Waals surface area contributed by atoms with Gasteiger partial charge in [0.2, 0.25) is 0 Å². The van der Waals surface area contributed by atoms with E-state index in [9.17, 15) is 0 Å². The molecule has 0 fully saturated rings. The molecule has 0 atom stereocenters. The molecule has 0 amide bonds. The molecule has 0 N–H and O–H groups in total. The minimum atomic E-state index is -0.197. The Bertz CT molecular complexity index is 2810. The first-order valence-electron chi connectivity index (χ1n) is 17.8. The van der Waals surface area contributed by atoms with Gasteiger partial charge in [-0.2, -0.15) is 0 Å². The first-order chi connectivity index (χ1) is 25.6. The molecule has 0 aliphatic heterocycles. The third-order valence-corrected chi connectivity index (χ3v) is 10.6. The van der Waals surface area contributed by atoms with E-state index in [2.05, 4.69) is 164 Å². The van der Waals surface area contributed by atoms with Crippen LogP contribution in [0, 0.1) is 0 Å². The van der Waals surface area contributed by atoms with Gasteiger partial charge in [0.15, 0.2) is 17.5 Å². The van der Waals surface area contributed by atoms with E-state index in [0.717, 1.165) is 39.0 Å². The molecule has 1 aliphatic carbocycles. The number of para-hydroxylation sites is 2. The van der Waals surface area contributed by atoms with Gasteiger partial charge in [-0.15, -0.1) is 0 Å². The Kier molecular flexibility index (Phi) is 6.80. The number of rotatable bonds is 5. The van der Waals surface area contributed by atoms with Crippen molar-refractivity contribution in [2.75, 3.05) is 0 Å². The Morgan fingerprint density at radius 3 is 1.83 bits per heavy atom. The smallest absolute Gasteiger partial charge is 0.166 e. The maximum atomic E-state index is 5.26. The van der Waals surface area contributed by atoms with E-state index >= 15 is 0 Å². The van der Waals surface area contributed by atoms with Crippen molar-refractivity contribution in [3.63, 3.8) is 0 Å². The molecule has 10 rings (SSSR count). The van der Waals surface area contributed by atoms with Crippen molar-refractivity contribution in [2.24, 2.45) is 0 Å². The molecule has 246 valence electrons. The molecular weight excluding hydrogens is 633 g/mol. The molecule has 0 bridgehead atoms. The van der Waals surface area contributed by atoms with Gasteiger partial charge in [0.1, 0.15) is 0 Å². The second-order valence-corrected chi connectivity index (χ2v) is 14.0. The predicted octanol–water partition coefficient (Wildman–Crippen LogP) is 11.9. The normalized spacial score (nSPS) is 13.0. The van der Waals surface area contributed by atoms with Crippen LogP contribution in [0.5, 0.6) is 0 Å². The Labute approximate surface area is 302 Å². The van der Waals surface area contributed by atoms with E-state index in [0.29, 0.717) is 17.5 Å². The number of benzene rings is 7. The summed E-state index contributed by atoms with van der Waals surface area (Å²) in [5, 5.41) is 2.46. The van der Waals surface area contributed by atoms with Gasteiger partial charge in [0.25, 0.3) is 0 Å². The predicted molar refractivity (Wildman–Crippen MR) is 213 cm³/mol. The Hall–Kier alpha value is -6.65. The molecule has 7 aromatic carbocycles. The van der Waals surface area contributed by atoms with Crippen LogP contribution in [0.15, 0.2) is 170 Å². The largest absolute Gasteiger partial charge is 0.308 e. The lowest BCUT2D eigenvalue weighted by Gasteiger charge is -2.24. The van der Waals surface area contributed by atoms with Gasteiger partial charge in [-0.3, -0.25) is 0 Å². The highest BCUT2D eigenvalue weighted by Crippen LogP contribution is 2.53. The van der Waals surface area contributed by atoms with Crippen molar-refractivity contribution in [3.05, 3.63) is 181 Å². The van der Waals surface area contributed by atoms with Crippen molar-refractivity contribution in [2.45, 2.75) is 19.3 Å². The van der Waals surface area contributed by atoms with E-state index in [4.69, 9.17) is 15.0 Å². The fourth-order valence-electron chi connectivity index (χ4n) is 8.23. The average Bonchev–Trinajstić information content (AvgIpc) is 3.67. The van der Waals surface area contributed by atoms with Gasteiger partial charge in [-0.05, 0) is 57.6 Å². The fourth-order valence-corrected chi connectivity index (χ4v) is 8.23. The highest BCUT2D eigenvalue weighted by Gasteiger charge is 2.38. The number of nitrogens with zero attached hydrogens (tertiary/aromatic N) is 4. The highest BCUT2D eigenvalue weighted by atomic mass is 15.1. The summed E-state index contributed by atoms with van der Waals surface area (Å²) in [6, 6.07) is 59.9. The van der Waals surface area contributed by atoms with Crippen LogP contribution in [0.25, 0.3) is 83.9 Å². The standard InChI is InChI=1S/C48H34N4/c1-48(2)40-25-12-9-22-35(40)37-28-29-38-36-23-10-13-26-41(36)52(44(38)43(37)48)42-27-14-11-24-39(42)47-50-45(32-18-7-4-8-19-32)49-46(51-47)34-21-15-20-33(30-34)31-16-5-3-6-17-31/h3-30H,1-2H3. The minimum Gasteiger partial charge on any atom is -0.308 e. The molecule has 4 nitrogen and oxygen atoms in total. The molecule has 1 aliphatic rings. The number of aromatic nitrogens is 4. The van der Waals surface area contributed by atoms with Crippen LogP contribution in [0.4, 0.5) is 0 Å². The second kappa shape index (κ2) is 11.7. The summed E-state index contributed by atoms with van der Waals surface area (Å²) >= 11 is 0. The van der Waals surface area contributed by atoms with Crippen molar-refractivity contribution < 1.29 is 0 Å². The molecule has 4 heteroatoms. The molecule has 2 heterocycles. The van der Waals surface area contributed by atoms with Gasteiger partial charge in [-0.25, -0.2) is 15.0 Å². The van der Waals surface area contributed by atoms with E-state index in [1.807, 2.05) is 24.3 Å². The summed E-state index contributed by atoms with van der Waals surface area (Å²) in [6.07, 6.45) is 0. The van der Waals surface area contributed by atoms with Crippen molar-refractivity contribution in [3.8, 4) is 62.1 Å². The molecule has 0 radical (unpaired) electrons. The van der Waals surface area contributed by atoms with Gasteiger partial charge >= 0.3 is 0 Å². The number of hydrogen-bond donors (Lipinski definition) is 0. The molecule has 52 heavy (non-hydrogen) atoms. The SMILES string of the molecule is CC1(C)c2ccccc2-c2ccc3c4ccccc4n(-c4ccccc4-c4nc(-c5ccccc5)nc(-c5cccc(-c6ccccc6)c5)n4)c3c21. The van der Waals surface area contributed by atoms with Crippen molar-refractivity contribution in [1.29, 1.82) is 0 Å². The van der Waals surface area contributed by atoms with E-state index < -0.39 is 0 Å². The van der Waals surface area contributed by atoms with Crippen molar-refractivity contribution >= 4 is 21.8 Å². The molecule has 2 aromatic heterocycles. The zero-order valence-corrected chi connectivity index (χ0v) is 29.0. The number of hydrogen-bond acceptors (Lipinski definition) is 3. The maximum absolute atomic E-state index is 5.26. The third-order valence-electron chi connectivity index (χ3n) is 10.6. The van der Waals surface area contributed by atoms with Crippen LogP contribution in [0.1, 0.15) is 25.0 Å². The van der Waals surface area contributed by atoms with Gasteiger partial charge in [0, 0.05) is 32.9 Å². The molecule has 0 unspecified atom stereocenters.